The Bertz CT molecular complexity index is 1520. The molecule has 0 radical (unpaired) electrons. The lowest BCUT2D eigenvalue weighted by atomic mass is 9.97. The van der Waals surface area contributed by atoms with Gasteiger partial charge in [-0.1, -0.05) is 66.2 Å². The van der Waals surface area contributed by atoms with Gasteiger partial charge < -0.3 is 20.8 Å². The molecule has 4 aromatic rings. The van der Waals surface area contributed by atoms with Crippen molar-refractivity contribution < 1.29 is 19.8 Å². The molecule has 208 valence electrons. The first-order chi connectivity index (χ1) is 19.0. The van der Waals surface area contributed by atoms with E-state index < -0.39 is 23.6 Å². The second-order valence-electron chi connectivity index (χ2n) is 10.7. The van der Waals surface area contributed by atoms with Gasteiger partial charge in [0.15, 0.2) is 0 Å². The predicted octanol–water partition coefficient (Wildman–Crippen LogP) is 6.22. The summed E-state index contributed by atoms with van der Waals surface area (Å²) in [6, 6.07) is 25.1. The van der Waals surface area contributed by atoms with Crippen LogP contribution in [0.5, 0.6) is 5.75 Å². The summed E-state index contributed by atoms with van der Waals surface area (Å²) in [6.07, 6.45) is -0.873. The van der Waals surface area contributed by atoms with Crippen molar-refractivity contribution >= 4 is 45.9 Å². The molecule has 8 heteroatoms. The van der Waals surface area contributed by atoms with Crippen LogP contribution in [0.3, 0.4) is 0 Å². The monoisotopic (exact) mass is 576 g/mol. The van der Waals surface area contributed by atoms with Crippen molar-refractivity contribution in [2.75, 3.05) is 5.75 Å². The Morgan fingerprint density at radius 2 is 1.55 bits per heavy atom. The molecular weight excluding hydrogens is 544 g/mol. The van der Waals surface area contributed by atoms with E-state index in [4.69, 9.17) is 11.6 Å². The molecular formula is C32H33ClN2O4S. The molecule has 2 amide bonds. The van der Waals surface area contributed by atoms with Gasteiger partial charge in [0, 0.05) is 28.2 Å². The molecule has 0 aliphatic carbocycles. The maximum atomic E-state index is 13.2. The molecule has 0 aliphatic heterocycles. The molecule has 0 saturated heterocycles. The molecule has 0 heterocycles. The summed E-state index contributed by atoms with van der Waals surface area (Å²) in [5, 5.41) is 29.5. The number of aliphatic hydroxyl groups is 1. The van der Waals surface area contributed by atoms with Crippen molar-refractivity contribution in [1.29, 1.82) is 0 Å². The average molecular weight is 577 g/mol. The van der Waals surface area contributed by atoms with Crippen LogP contribution in [-0.4, -0.2) is 45.5 Å². The van der Waals surface area contributed by atoms with E-state index in [9.17, 15) is 19.8 Å². The normalized spacial score (nSPS) is 13.0. The number of benzene rings is 4. The van der Waals surface area contributed by atoms with Crippen LogP contribution in [0, 0.1) is 0 Å². The number of fused-ring (bicyclic) bond motifs is 1. The van der Waals surface area contributed by atoms with Crippen LogP contribution >= 0.6 is 23.4 Å². The van der Waals surface area contributed by atoms with Crippen LogP contribution < -0.4 is 10.6 Å². The highest BCUT2D eigenvalue weighted by Gasteiger charge is 2.26. The van der Waals surface area contributed by atoms with E-state index in [1.807, 2.05) is 69.3 Å². The highest BCUT2D eigenvalue weighted by molar-refractivity contribution is 7.99. The van der Waals surface area contributed by atoms with Gasteiger partial charge in [0.1, 0.15) is 5.75 Å². The molecule has 2 atom stereocenters. The quantitative estimate of drug-likeness (QED) is 0.177. The number of hydrogen-bond acceptors (Lipinski definition) is 5. The minimum absolute atomic E-state index is 0.0559. The van der Waals surface area contributed by atoms with Gasteiger partial charge in [-0.25, -0.2) is 0 Å². The number of aliphatic hydroxyl groups excluding tert-OH is 1. The topological polar surface area (TPSA) is 98.7 Å². The van der Waals surface area contributed by atoms with E-state index in [0.29, 0.717) is 16.9 Å². The number of aromatic hydroxyl groups is 1. The molecule has 40 heavy (non-hydrogen) atoms. The first kappa shape index (κ1) is 29.5. The molecule has 0 fully saturated rings. The maximum absolute atomic E-state index is 13.2. The Morgan fingerprint density at radius 3 is 2.30 bits per heavy atom. The summed E-state index contributed by atoms with van der Waals surface area (Å²) in [7, 11) is 0. The summed E-state index contributed by atoms with van der Waals surface area (Å²) >= 11 is 7.70. The van der Waals surface area contributed by atoms with Gasteiger partial charge in [-0.3, -0.25) is 9.59 Å². The van der Waals surface area contributed by atoms with Crippen molar-refractivity contribution in [3.63, 3.8) is 0 Å². The number of thioether (sulfide) groups is 1. The molecule has 6 nitrogen and oxygen atoms in total. The predicted molar refractivity (Wildman–Crippen MR) is 162 cm³/mol. The number of rotatable bonds is 9. The number of phenolic OH excluding ortho intramolecular Hbond substituents is 1. The second kappa shape index (κ2) is 12.8. The maximum Gasteiger partial charge on any atom is 0.253 e. The van der Waals surface area contributed by atoms with Crippen LogP contribution in [-0.2, 0) is 6.42 Å². The number of carbonyl (C=O) groups excluding carboxylic acids is 2. The molecule has 0 bridgehead atoms. The van der Waals surface area contributed by atoms with E-state index in [0.717, 1.165) is 15.7 Å². The molecule has 4 N–H and O–H groups in total. The van der Waals surface area contributed by atoms with E-state index in [1.54, 1.807) is 12.1 Å². The Balaban J connectivity index is 1.58. The SMILES string of the molecule is CC(C)(C)NC(=O)c1ccccc1C[C@@H](O)[C@H](CSc1ccc2ccccc2c1)NC(=O)c1cccc(O)c1Cl. The highest BCUT2D eigenvalue weighted by Crippen LogP contribution is 2.28. The van der Waals surface area contributed by atoms with E-state index in [1.165, 1.54) is 30.0 Å². The lowest BCUT2D eigenvalue weighted by Crippen LogP contribution is -2.46. The fourth-order valence-electron chi connectivity index (χ4n) is 4.33. The van der Waals surface area contributed by atoms with Crippen molar-refractivity contribution in [2.45, 2.75) is 49.8 Å². The average Bonchev–Trinajstić information content (AvgIpc) is 2.91. The molecule has 0 spiro atoms. The number of amides is 2. The van der Waals surface area contributed by atoms with Crippen molar-refractivity contribution in [2.24, 2.45) is 0 Å². The zero-order chi connectivity index (χ0) is 28.9. The minimum atomic E-state index is -1.02. The van der Waals surface area contributed by atoms with E-state index in [2.05, 4.69) is 16.7 Å². The number of hydrogen-bond donors (Lipinski definition) is 4. The summed E-state index contributed by atoms with van der Waals surface area (Å²) < 4.78 is 0. The van der Waals surface area contributed by atoms with Crippen LogP contribution in [0.25, 0.3) is 10.8 Å². The molecule has 0 aromatic heterocycles. The smallest absolute Gasteiger partial charge is 0.253 e. The Labute approximate surface area is 243 Å². The number of phenols is 1. The van der Waals surface area contributed by atoms with Crippen LogP contribution in [0.15, 0.2) is 89.8 Å². The van der Waals surface area contributed by atoms with Gasteiger partial charge in [0.2, 0.25) is 0 Å². The Hall–Kier alpha value is -3.52. The molecule has 0 aliphatic rings. The van der Waals surface area contributed by atoms with Gasteiger partial charge in [0.25, 0.3) is 11.8 Å². The van der Waals surface area contributed by atoms with Crippen molar-refractivity contribution in [1.82, 2.24) is 10.6 Å². The third-order valence-electron chi connectivity index (χ3n) is 6.33. The lowest BCUT2D eigenvalue weighted by molar-refractivity contribution is 0.0849. The first-order valence-electron chi connectivity index (χ1n) is 13.0. The van der Waals surface area contributed by atoms with E-state index >= 15 is 0 Å². The van der Waals surface area contributed by atoms with Crippen molar-refractivity contribution in [3.05, 3.63) is 107 Å². The third kappa shape index (κ3) is 7.56. The largest absolute Gasteiger partial charge is 0.506 e. The summed E-state index contributed by atoms with van der Waals surface area (Å²) in [6.45, 7) is 5.72. The fourth-order valence-corrected chi connectivity index (χ4v) is 5.59. The van der Waals surface area contributed by atoms with Crippen LogP contribution in [0.4, 0.5) is 0 Å². The minimum Gasteiger partial charge on any atom is -0.506 e. The summed E-state index contributed by atoms with van der Waals surface area (Å²) in [5.74, 6) is -0.579. The standard InChI is InChI=1S/C32H33ClN2O4S/c1-32(2,3)35-31(39)24-12-7-6-11-22(24)18-28(37)26(34-30(38)25-13-8-14-27(36)29(25)33)19-40-23-16-15-20-9-4-5-10-21(20)17-23/h4-17,26,28,36-37H,18-19H2,1-3H3,(H,34,38)(H,35,39)/t26-,28+/m0/s1. The first-order valence-corrected chi connectivity index (χ1v) is 14.4. The van der Waals surface area contributed by atoms with Crippen molar-refractivity contribution in [3.8, 4) is 5.75 Å². The van der Waals surface area contributed by atoms with Crippen LogP contribution in [0.2, 0.25) is 5.02 Å². The number of carbonyl (C=O) groups is 2. The third-order valence-corrected chi connectivity index (χ3v) is 7.84. The van der Waals surface area contributed by atoms with Gasteiger partial charge in [-0.15, -0.1) is 11.8 Å². The van der Waals surface area contributed by atoms with Gasteiger partial charge in [0.05, 0.1) is 22.7 Å². The van der Waals surface area contributed by atoms with Crippen LogP contribution in [0.1, 0.15) is 47.1 Å². The fraction of sp³-hybridized carbons (Fsp3) is 0.250. The second-order valence-corrected chi connectivity index (χ2v) is 12.1. The summed E-state index contributed by atoms with van der Waals surface area (Å²) in [4.78, 5) is 27.2. The molecule has 0 unspecified atom stereocenters. The van der Waals surface area contributed by atoms with Gasteiger partial charge >= 0.3 is 0 Å². The molecule has 4 rings (SSSR count). The lowest BCUT2D eigenvalue weighted by Gasteiger charge is -2.26. The molecule has 0 saturated carbocycles. The Kier molecular flexibility index (Phi) is 9.40. The summed E-state index contributed by atoms with van der Waals surface area (Å²) in [5.41, 5.74) is 0.831. The number of nitrogens with one attached hydrogen (secondary N) is 2. The molecule has 4 aromatic carbocycles. The Morgan fingerprint density at radius 1 is 0.875 bits per heavy atom. The van der Waals surface area contributed by atoms with E-state index in [-0.39, 0.29) is 28.7 Å². The number of halogens is 1. The van der Waals surface area contributed by atoms with Gasteiger partial charge in [-0.2, -0.15) is 0 Å². The van der Waals surface area contributed by atoms with Gasteiger partial charge in [-0.05, 0) is 67.4 Å². The highest BCUT2D eigenvalue weighted by atomic mass is 35.5. The zero-order valence-electron chi connectivity index (χ0n) is 22.6. The zero-order valence-corrected chi connectivity index (χ0v) is 24.2.